The zero-order valence-corrected chi connectivity index (χ0v) is 18.1. The molecule has 3 aromatic rings. The number of amides is 1. The highest BCUT2D eigenvalue weighted by Crippen LogP contribution is 2.20. The lowest BCUT2D eigenvalue weighted by Gasteiger charge is -2.16. The fourth-order valence-corrected chi connectivity index (χ4v) is 3.84. The van der Waals surface area contributed by atoms with Gasteiger partial charge in [-0.25, -0.2) is 4.79 Å². The molecule has 0 N–H and O–H groups in total. The predicted octanol–water partition coefficient (Wildman–Crippen LogP) is 4.08. The number of likely N-dealkylation sites (N-methyl/N-ethyl adjacent to an activating group) is 1. The van der Waals surface area contributed by atoms with E-state index in [1.807, 2.05) is 41.1 Å². The summed E-state index contributed by atoms with van der Waals surface area (Å²) in [5.74, 6) is -0.814. The molecule has 0 unspecified atom stereocenters. The molecule has 1 aromatic carbocycles. The van der Waals surface area contributed by atoms with Gasteiger partial charge < -0.3 is 9.64 Å². The molecule has 3 rings (SSSR count). The van der Waals surface area contributed by atoms with E-state index < -0.39 is 5.97 Å². The van der Waals surface area contributed by atoms with Gasteiger partial charge in [-0.3, -0.25) is 9.48 Å². The van der Waals surface area contributed by atoms with E-state index in [0.29, 0.717) is 35.1 Å². The molecule has 0 aliphatic heterocycles. The number of thiophene rings is 1. The number of aromatic nitrogens is 2. The van der Waals surface area contributed by atoms with Crippen molar-refractivity contribution in [3.8, 4) is 0 Å². The van der Waals surface area contributed by atoms with Crippen molar-refractivity contribution in [1.82, 2.24) is 14.7 Å². The molecule has 0 fully saturated rings. The molecule has 6 nitrogen and oxygen atoms in total. The first-order valence-corrected chi connectivity index (χ1v) is 10.4. The van der Waals surface area contributed by atoms with Crippen molar-refractivity contribution in [3.63, 3.8) is 0 Å². The molecule has 0 saturated heterocycles. The molecule has 0 aliphatic rings. The Labute approximate surface area is 178 Å². The maximum Gasteiger partial charge on any atom is 0.342 e. The van der Waals surface area contributed by atoms with Crippen LogP contribution in [0.5, 0.6) is 0 Å². The summed E-state index contributed by atoms with van der Waals surface area (Å²) >= 11 is 7.80. The zero-order chi connectivity index (χ0) is 21.0. The molecule has 2 heterocycles. The molecule has 0 bridgehead atoms. The molecule has 8 heteroatoms. The van der Waals surface area contributed by atoms with Gasteiger partial charge in [0.2, 0.25) is 0 Å². The monoisotopic (exact) mass is 431 g/mol. The van der Waals surface area contributed by atoms with Gasteiger partial charge in [-0.15, -0.1) is 0 Å². The summed E-state index contributed by atoms with van der Waals surface area (Å²) < 4.78 is 6.99. The second-order valence-electron chi connectivity index (χ2n) is 6.75. The second kappa shape index (κ2) is 9.24. The Bertz CT molecular complexity index is 1010. The standard InChI is InChI=1S/C21H22ClN3O3S/c1-14-20(15(2)25(23-14)11-17-6-4-5-7-18(17)22)21(27)28-12-19(26)24(3)10-16-8-9-29-13-16/h4-9,13H,10-12H2,1-3H3. The third-order valence-electron chi connectivity index (χ3n) is 4.62. The van der Waals surface area contributed by atoms with Crippen molar-refractivity contribution in [2.45, 2.75) is 26.9 Å². The van der Waals surface area contributed by atoms with Crippen LogP contribution in [-0.2, 0) is 22.6 Å². The van der Waals surface area contributed by atoms with Crippen LogP contribution in [0, 0.1) is 13.8 Å². The first kappa shape index (κ1) is 21.1. The average molecular weight is 432 g/mol. The maximum atomic E-state index is 12.6. The largest absolute Gasteiger partial charge is 0.452 e. The van der Waals surface area contributed by atoms with Crippen molar-refractivity contribution in [2.75, 3.05) is 13.7 Å². The van der Waals surface area contributed by atoms with Gasteiger partial charge in [0.1, 0.15) is 5.56 Å². The van der Waals surface area contributed by atoms with Gasteiger partial charge in [-0.1, -0.05) is 29.8 Å². The van der Waals surface area contributed by atoms with Crippen LogP contribution in [0.25, 0.3) is 0 Å². The lowest BCUT2D eigenvalue weighted by atomic mass is 10.2. The molecule has 0 radical (unpaired) electrons. The van der Waals surface area contributed by atoms with E-state index in [1.54, 1.807) is 36.9 Å². The van der Waals surface area contributed by atoms with Gasteiger partial charge in [0.05, 0.1) is 17.9 Å². The molecular weight excluding hydrogens is 410 g/mol. The Balaban J connectivity index is 1.64. The number of hydrogen-bond donors (Lipinski definition) is 0. The summed E-state index contributed by atoms with van der Waals surface area (Å²) in [6, 6.07) is 9.46. The van der Waals surface area contributed by atoms with Gasteiger partial charge in [0, 0.05) is 18.6 Å². The summed E-state index contributed by atoms with van der Waals surface area (Å²) in [5.41, 5.74) is 3.56. The number of benzene rings is 1. The van der Waals surface area contributed by atoms with Crippen molar-refractivity contribution in [1.29, 1.82) is 0 Å². The molecule has 0 spiro atoms. The Morgan fingerprint density at radius 3 is 2.69 bits per heavy atom. The number of esters is 1. The number of halogens is 1. The van der Waals surface area contributed by atoms with E-state index in [2.05, 4.69) is 5.10 Å². The van der Waals surface area contributed by atoms with Crippen LogP contribution >= 0.6 is 22.9 Å². The summed E-state index contributed by atoms with van der Waals surface area (Å²) in [6.07, 6.45) is 0. The van der Waals surface area contributed by atoms with E-state index in [0.717, 1.165) is 11.1 Å². The topological polar surface area (TPSA) is 64.4 Å². The van der Waals surface area contributed by atoms with E-state index in [-0.39, 0.29) is 12.5 Å². The van der Waals surface area contributed by atoms with E-state index in [1.165, 1.54) is 4.90 Å². The van der Waals surface area contributed by atoms with Gasteiger partial charge in [0.15, 0.2) is 6.61 Å². The van der Waals surface area contributed by atoms with Crippen molar-refractivity contribution >= 4 is 34.8 Å². The van der Waals surface area contributed by atoms with Crippen LogP contribution in [0.4, 0.5) is 0 Å². The average Bonchev–Trinajstić information content (AvgIpc) is 3.29. The highest BCUT2D eigenvalue weighted by atomic mass is 35.5. The highest BCUT2D eigenvalue weighted by Gasteiger charge is 2.22. The van der Waals surface area contributed by atoms with Gasteiger partial charge in [0.25, 0.3) is 5.91 Å². The molecule has 0 atom stereocenters. The van der Waals surface area contributed by atoms with Crippen molar-refractivity contribution < 1.29 is 14.3 Å². The quantitative estimate of drug-likeness (QED) is 0.529. The van der Waals surface area contributed by atoms with E-state index >= 15 is 0 Å². The third kappa shape index (κ3) is 5.05. The number of hydrogen-bond acceptors (Lipinski definition) is 5. The smallest absolute Gasteiger partial charge is 0.342 e. The molecule has 152 valence electrons. The Morgan fingerprint density at radius 2 is 2.00 bits per heavy atom. The summed E-state index contributed by atoms with van der Waals surface area (Å²) in [5, 5.41) is 9.02. The lowest BCUT2D eigenvalue weighted by Crippen LogP contribution is -2.30. The molecule has 0 aliphatic carbocycles. The van der Waals surface area contributed by atoms with Crippen LogP contribution in [0.15, 0.2) is 41.1 Å². The number of carbonyl (C=O) groups excluding carboxylic acids is 2. The number of carbonyl (C=O) groups is 2. The fraction of sp³-hybridized carbons (Fsp3) is 0.286. The summed E-state index contributed by atoms with van der Waals surface area (Å²) in [6.45, 7) is 4.17. The molecule has 0 saturated carbocycles. The first-order chi connectivity index (χ1) is 13.9. The van der Waals surface area contributed by atoms with Crippen LogP contribution < -0.4 is 0 Å². The van der Waals surface area contributed by atoms with Crippen LogP contribution in [0.3, 0.4) is 0 Å². The van der Waals surface area contributed by atoms with Crippen LogP contribution in [-0.4, -0.2) is 40.2 Å². The maximum absolute atomic E-state index is 12.6. The Hall–Kier alpha value is -2.64. The lowest BCUT2D eigenvalue weighted by molar-refractivity contribution is -0.133. The third-order valence-corrected chi connectivity index (χ3v) is 5.72. The SMILES string of the molecule is Cc1nn(Cc2ccccc2Cl)c(C)c1C(=O)OCC(=O)N(C)Cc1ccsc1. The Morgan fingerprint density at radius 1 is 1.24 bits per heavy atom. The van der Waals surface area contributed by atoms with Gasteiger partial charge in [-0.05, 0) is 47.9 Å². The van der Waals surface area contributed by atoms with Crippen LogP contribution in [0.1, 0.15) is 32.9 Å². The molecular formula is C21H22ClN3O3S. The minimum atomic E-state index is -0.553. The highest BCUT2D eigenvalue weighted by molar-refractivity contribution is 7.07. The number of rotatable bonds is 7. The Kier molecular flexibility index (Phi) is 6.71. The molecule has 2 aromatic heterocycles. The van der Waals surface area contributed by atoms with E-state index in [4.69, 9.17) is 16.3 Å². The number of ether oxygens (including phenoxy) is 1. The van der Waals surface area contributed by atoms with E-state index in [9.17, 15) is 9.59 Å². The molecule has 1 amide bonds. The van der Waals surface area contributed by atoms with Gasteiger partial charge >= 0.3 is 5.97 Å². The summed E-state index contributed by atoms with van der Waals surface area (Å²) in [4.78, 5) is 26.4. The fourth-order valence-electron chi connectivity index (χ4n) is 2.99. The predicted molar refractivity (Wildman–Crippen MR) is 113 cm³/mol. The minimum Gasteiger partial charge on any atom is -0.452 e. The number of nitrogens with zero attached hydrogens (tertiary/aromatic N) is 3. The summed E-state index contributed by atoms with van der Waals surface area (Å²) in [7, 11) is 1.69. The second-order valence-corrected chi connectivity index (χ2v) is 7.94. The number of aryl methyl sites for hydroxylation is 1. The van der Waals surface area contributed by atoms with Gasteiger partial charge in [-0.2, -0.15) is 16.4 Å². The van der Waals surface area contributed by atoms with Crippen molar-refractivity contribution in [3.05, 3.63) is 74.2 Å². The first-order valence-electron chi connectivity index (χ1n) is 9.06. The minimum absolute atomic E-state index is 0.261. The zero-order valence-electron chi connectivity index (χ0n) is 16.5. The normalized spacial score (nSPS) is 10.8. The van der Waals surface area contributed by atoms with Crippen LogP contribution in [0.2, 0.25) is 5.02 Å². The molecule has 29 heavy (non-hydrogen) atoms. The van der Waals surface area contributed by atoms with Crippen molar-refractivity contribution in [2.24, 2.45) is 0 Å².